The molecule has 0 bridgehead atoms. The summed E-state index contributed by atoms with van der Waals surface area (Å²) < 4.78 is 0. The van der Waals surface area contributed by atoms with Gasteiger partial charge in [0, 0.05) is 0 Å². The molecule has 0 saturated heterocycles. The van der Waals surface area contributed by atoms with Crippen LogP contribution in [0.25, 0.3) is 0 Å². The lowest BCUT2D eigenvalue weighted by molar-refractivity contribution is 0.350. The lowest BCUT2D eigenvalue weighted by Gasteiger charge is -2.17. The van der Waals surface area contributed by atoms with Crippen molar-refractivity contribution >= 4 is 8.56 Å². The Balaban J connectivity index is 3.31. The molecule has 2 N–H and O–H groups in total. The summed E-state index contributed by atoms with van der Waals surface area (Å²) >= 11 is 0. The van der Waals surface area contributed by atoms with Gasteiger partial charge in [-0.3, -0.25) is 0 Å². The third-order valence-electron chi connectivity index (χ3n) is 5.86. The van der Waals surface area contributed by atoms with Gasteiger partial charge in [0.1, 0.15) is 0 Å². The molecule has 0 aromatic heterocycles. The predicted octanol–water partition coefficient (Wildman–Crippen LogP) is 8.26. The monoisotopic (exact) mass is 400 g/mol. The van der Waals surface area contributed by atoms with Crippen LogP contribution in [0.5, 0.6) is 0 Å². The lowest BCUT2D eigenvalue weighted by Crippen LogP contribution is -2.33. The van der Waals surface area contributed by atoms with Crippen LogP contribution in [0.2, 0.25) is 12.1 Å². The zero-order valence-electron chi connectivity index (χ0n) is 19.0. The number of hydrogen-bond acceptors (Lipinski definition) is 2. The minimum atomic E-state index is -2.88. The molecule has 0 aliphatic rings. The third-order valence-corrected chi connectivity index (χ3v) is 8.17. The Kier molecular flexibility index (Phi) is 21.0. The van der Waals surface area contributed by atoms with E-state index in [1.807, 2.05) is 0 Å². The van der Waals surface area contributed by atoms with Crippen molar-refractivity contribution in [3.05, 3.63) is 0 Å². The summed E-state index contributed by atoms with van der Waals surface area (Å²) in [7, 11) is -2.88. The zero-order chi connectivity index (χ0) is 20.1. The molecule has 3 heteroatoms. The first kappa shape index (κ1) is 27.1. The highest BCUT2D eigenvalue weighted by Gasteiger charge is 2.27. The summed E-state index contributed by atoms with van der Waals surface area (Å²) in [5.74, 6) is 0. The highest BCUT2D eigenvalue weighted by molar-refractivity contribution is 6.64. The first-order valence-corrected chi connectivity index (χ1v) is 14.9. The van der Waals surface area contributed by atoms with Gasteiger partial charge in [0.15, 0.2) is 0 Å². The molecule has 0 radical (unpaired) electrons. The van der Waals surface area contributed by atoms with Crippen LogP contribution in [0, 0.1) is 0 Å². The standard InChI is InChI=1S/C24H52O2Si/c1-3-5-7-9-11-13-15-17-19-21-23-27(25,26)24-22-20-18-16-14-12-10-8-6-4-2/h25-26H,3-24H2,1-2H3. The maximum Gasteiger partial charge on any atom is 0.332 e. The van der Waals surface area contributed by atoms with Gasteiger partial charge in [0.05, 0.1) is 0 Å². The van der Waals surface area contributed by atoms with Crippen LogP contribution in [0.3, 0.4) is 0 Å². The van der Waals surface area contributed by atoms with Gasteiger partial charge in [-0.15, -0.1) is 0 Å². The fourth-order valence-electron chi connectivity index (χ4n) is 3.92. The molecule has 0 aliphatic carbocycles. The number of unbranched alkanes of at least 4 members (excludes halogenated alkanes) is 18. The van der Waals surface area contributed by atoms with E-state index in [0.29, 0.717) is 12.1 Å². The fourth-order valence-corrected chi connectivity index (χ4v) is 5.80. The summed E-state index contributed by atoms with van der Waals surface area (Å²) in [5.41, 5.74) is 0. The van der Waals surface area contributed by atoms with Crippen LogP contribution in [-0.4, -0.2) is 18.2 Å². The second-order valence-electron chi connectivity index (χ2n) is 8.85. The Morgan fingerprint density at radius 1 is 0.370 bits per heavy atom. The van der Waals surface area contributed by atoms with Crippen molar-refractivity contribution in [1.82, 2.24) is 0 Å². The summed E-state index contributed by atoms with van der Waals surface area (Å²) in [5, 5.41) is 0. The van der Waals surface area contributed by atoms with Crippen molar-refractivity contribution in [2.24, 2.45) is 0 Å². The molecule has 0 spiro atoms. The van der Waals surface area contributed by atoms with Crippen molar-refractivity contribution in [2.75, 3.05) is 0 Å². The second-order valence-corrected chi connectivity index (χ2v) is 11.8. The quantitative estimate of drug-likeness (QED) is 0.142. The van der Waals surface area contributed by atoms with Crippen LogP contribution < -0.4 is 0 Å². The maximum atomic E-state index is 10.3. The van der Waals surface area contributed by atoms with Gasteiger partial charge >= 0.3 is 8.56 Å². The van der Waals surface area contributed by atoms with Gasteiger partial charge in [-0.25, -0.2) is 0 Å². The molecule has 164 valence electrons. The Labute approximate surface area is 172 Å². The molecular formula is C24H52O2Si. The van der Waals surface area contributed by atoms with Gasteiger partial charge in [-0.2, -0.15) is 0 Å². The fraction of sp³-hybridized carbons (Fsp3) is 1.00. The van der Waals surface area contributed by atoms with E-state index in [0.717, 1.165) is 12.8 Å². The highest BCUT2D eigenvalue weighted by Crippen LogP contribution is 2.20. The molecule has 0 aromatic carbocycles. The molecule has 2 nitrogen and oxygen atoms in total. The van der Waals surface area contributed by atoms with Crippen molar-refractivity contribution < 1.29 is 9.59 Å². The van der Waals surface area contributed by atoms with E-state index in [1.54, 1.807) is 0 Å². The van der Waals surface area contributed by atoms with E-state index >= 15 is 0 Å². The molecule has 0 aliphatic heterocycles. The molecule has 0 fully saturated rings. The zero-order valence-corrected chi connectivity index (χ0v) is 20.0. The average molecular weight is 401 g/mol. The Hall–Kier alpha value is 0.137. The van der Waals surface area contributed by atoms with Gasteiger partial charge in [-0.05, 0) is 12.1 Å². The number of hydrogen-bond donors (Lipinski definition) is 2. The molecule has 0 rings (SSSR count). The van der Waals surface area contributed by atoms with Gasteiger partial charge < -0.3 is 9.59 Å². The largest absolute Gasteiger partial charge is 0.411 e. The predicted molar refractivity (Wildman–Crippen MR) is 123 cm³/mol. The van der Waals surface area contributed by atoms with Crippen molar-refractivity contribution in [1.29, 1.82) is 0 Å². The molecule has 0 aromatic rings. The first-order valence-electron chi connectivity index (χ1n) is 12.6. The van der Waals surface area contributed by atoms with E-state index < -0.39 is 8.56 Å². The van der Waals surface area contributed by atoms with Crippen LogP contribution in [0.15, 0.2) is 0 Å². The molecule has 27 heavy (non-hydrogen) atoms. The van der Waals surface area contributed by atoms with Crippen LogP contribution in [-0.2, 0) is 0 Å². The molecule has 0 unspecified atom stereocenters. The number of rotatable bonds is 22. The van der Waals surface area contributed by atoms with Crippen molar-refractivity contribution in [2.45, 2.75) is 154 Å². The molecular weight excluding hydrogens is 348 g/mol. The first-order chi connectivity index (χ1) is 13.1. The van der Waals surface area contributed by atoms with E-state index in [9.17, 15) is 9.59 Å². The lowest BCUT2D eigenvalue weighted by atomic mass is 10.1. The van der Waals surface area contributed by atoms with Gasteiger partial charge in [0.2, 0.25) is 0 Å². The molecule has 0 heterocycles. The summed E-state index contributed by atoms with van der Waals surface area (Å²) in [6.45, 7) is 4.53. The summed E-state index contributed by atoms with van der Waals surface area (Å²) in [6.07, 6.45) is 26.1. The van der Waals surface area contributed by atoms with Gasteiger partial charge in [0.25, 0.3) is 0 Å². The molecule has 0 amide bonds. The smallest absolute Gasteiger partial charge is 0.332 e. The van der Waals surface area contributed by atoms with Crippen molar-refractivity contribution in [3.63, 3.8) is 0 Å². The maximum absolute atomic E-state index is 10.3. The van der Waals surface area contributed by atoms with Crippen LogP contribution in [0.4, 0.5) is 0 Å². The third kappa shape index (κ3) is 22.3. The Morgan fingerprint density at radius 2 is 0.593 bits per heavy atom. The Morgan fingerprint density at radius 3 is 0.852 bits per heavy atom. The van der Waals surface area contributed by atoms with Crippen LogP contribution >= 0.6 is 0 Å². The highest BCUT2D eigenvalue weighted by atomic mass is 28.4. The molecule has 0 saturated carbocycles. The van der Waals surface area contributed by atoms with Crippen molar-refractivity contribution in [3.8, 4) is 0 Å². The van der Waals surface area contributed by atoms with Crippen LogP contribution in [0.1, 0.15) is 142 Å². The van der Waals surface area contributed by atoms with Gasteiger partial charge in [-0.1, -0.05) is 142 Å². The second kappa shape index (κ2) is 20.9. The minimum absolute atomic E-state index is 0.695. The summed E-state index contributed by atoms with van der Waals surface area (Å²) in [4.78, 5) is 20.5. The Bertz CT molecular complexity index is 256. The average Bonchev–Trinajstić information content (AvgIpc) is 2.64. The summed E-state index contributed by atoms with van der Waals surface area (Å²) in [6, 6.07) is 1.39. The van der Waals surface area contributed by atoms with E-state index in [4.69, 9.17) is 0 Å². The molecule has 0 atom stereocenters. The van der Waals surface area contributed by atoms with E-state index in [-0.39, 0.29) is 0 Å². The van der Waals surface area contributed by atoms with E-state index in [1.165, 1.54) is 116 Å². The normalized spacial score (nSPS) is 12.0. The SMILES string of the molecule is CCCCCCCCCCCC[Si](O)(O)CCCCCCCCCCCC. The van der Waals surface area contributed by atoms with E-state index in [2.05, 4.69) is 13.8 Å². The minimum Gasteiger partial charge on any atom is -0.411 e. The topological polar surface area (TPSA) is 40.5 Å².